The maximum atomic E-state index is 13.8. The second kappa shape index (κ2) is 9.25. The number of ether oxygens (including phenoxy) is 3. The van der Waals surface area contributed by atoms with E-state index >= 15 is 0 Å². The van der Waals surface area contributed by atoms with Crippen LogP contribution in [0.4, 0.5) is 0 Å². The van der Waals surface area contributed by atoms with Crippen LogP contribution in [0.25, 0.3) is 10.2 Å². The molecule has 2 aromatic heterocycles. The number of hydrogen-bond acceptors (Lipinski definition) is 7. The molecule has 1 N–H and O–H groups in total. The minimum Gasteiger partial charge on any atom is -0.496 e. The Morgan fingerprint density at radius 2 is 1.97 bits per heavy atom. The summed E-state index contributed by atoms with van der Waals surface area (Å²) < 4.78 is 20.1. The van der Waals surface area contributed by atoms with Gasteiger partial charge in [-0.3, -0.25) is 9.36 Å². The highest BCUT2D eigenvalue weighted by Gasteiger charge is 2.54. The van der Waals surface area contributed by atoms with Crippen LogP contribution in [0.3, 0.4) is 0 Å². The topological polar surface area (TPSA) is 109 Å². The van der Waals surface area contributed by atoms with Crippen LogP contribution in [-0.4, -0.2) is 46.6 Å². The molecule has 186 valence electrons. The highest BCUT2D eigenvalue weighted by molar-refractivity contribution is 7.17. The molecule has 0 amide bonds. The van der Waals surface area contributed by atoms with Gasteiger partial charge in [0.1, 0.15) is 22.2 Å². The van der Waals surface area contributed by atoms with Crippen molar-refractivity contribution in [1.82, 2.24) is 9.13 Å². The Bertz CT molecular complexity index is 1380. The second-order valence-corrected chi connectivity index (χ2v) is 10.0. The lowest BCUT2D eigenvalue weighted by Crippen LogP contribution is -2.49. The van der Waals surface area contributed by atoms with Crippen molar-refractivity contribution in [3.05, 3.63) is 61.6 Å². The Kier molecular flexibility index (Phi) is 6.29. The number of carbonyl (C=O) groups is 1. The van der Waals surface area contributed by atoms with E-state index in [4.69, 9.17) is 14.2 Å². The van der Waals surface area contributed by atoms with Crippen LogP contribution < -0.4 is 16.0 Å². The van der Waals surface area contributed by atoms with Gasteiger partial charge >= 0.3 is 11.7 Å². The molecule has 10 heteroatoms. The van der Waals surface area contributed by atoms with Gasteiger partial charge in [-0.25, -0.2) is 14.2 Å². The highest BCUT2D eigenvalue weighted by atomic mass is 32.1. The van der Waals surface area contributed by atoms with E-state index in [1.165, 1.54) is 15.9 Å². The lowest BCUT2D eigenvalue weighted by molar-refractivity contribution is -0.142. The standard InChI is InChI=1S/C25H28N2O7S/c1-15-14-35-22-20(15)21(28)27(25(9-10-25)23(29)30)24(31)26(22)13-19(34-16-7-11-33-12-8-16)17-5-3-4-6-18(17)32-2/h3-6,14,16,19H,7-13H2,1-2H3,(H,29,30). The van der Waals surface area contributed by atoms with Crippen LogP contribution >= 0.6 is 11.3 Å². The first-order valence-corrected chi connectivity index (χ1v) is 12.6. The van der Waals surface area contributed by atoms with Crippen molar-refractivity contribution in [3.63, 3.8) is 0 Å². The molecule has 5 rings (SSSR count). The Hall–Kier alpha value is -2.95. The van der Waals surface area contributed by atoms with E-state index in [1.807, 2.05) is 29.6 Å². The minimum atomic E-state index is -1.49. The zero-order valence-electron chi connectivity index (χ0n) is 19.7. The van der Waals surface area contributed by atoms with Gasteiger partial charge in [-0.2, -0.15) is 0 Å². The van der Waals surface area contributed by atoms with E-state index in [1.54, 1.807) is 14.0 Å². The van der Waals surface area contributed by atoms with Gasteiger partial charge in [0.15, 0.2) is 0 Å². The van der Waals surface area contributed by atoms with Crippen molar-refractivity contribution in [2.75, 3.05) is 20.3 Å². The number of aliphatic carboxylic acids is 1. The van der Waals surface area contributed by atoms with E-state index in [-0.39, 0.29) is 25.5 Å². The molecule has 9 nitrogen and oxygen atoms in total. The summed E-state index contributed by atoms with van der Waals surface area (Å²) in [6.45, 7) is 3.12. The van der Waals surface area contributed by atoms with Crippen LogP contribution in [0, 0.1) is 6.92 Å². The first-order chi connectivity index (χ1) is 16.9. The van der Waals surface area contributed by atoms with Crippen LogP contribution in [0.1, 0.15) is 42.9 Å². The number of benzene rings is 1. The number of carboxylic acid groups (broad SMARTS) is 1. The number of aromatic nitrogens is 2. The first-order valence-electron chi connectivity index (χ1n) is 11.7. The average Bonchev–Trinajstić information content (AvgIpc) is 3.57. The Morgan fingerprint density at radius 3 is 2.63 bits per heavy atom. The van der Waals surface area contributed by atoms with Gasteiger partial charge in [-0.1, -0.05) is 18.2 Å². The largest absolute Gasteiger partial charge is 0.496 e. The van der Waals surface area contributed by atoms with Crippen LogP contribution in [-0.2, 0) is 26.4 Å². The van der Waals surface area contributed by atoms with Crippen LogP contribution in [0.15, 0.2) is 39.2 Å². The maximum Gasteiger partial charge on any atom is 0.333 e. The molecule has 3 heterocycles. The summed E-state index contributed by atoms with van der Waals surface area (Å²) in [6.07, 6.45) is 1.35. The summed E-state index contributed by atoms with van der Waals surface area (Å²) in [4.78, 5) is 39.8. The van der Waals surface area contributed by atoms with Crippen molar-refractivity contribution in [2.24, 2.45) is 0 Å². The molecular weight excluding hydrogens is 472 g/mol. The van der Waals surface area contributed by atoms with Gasteiger partial charge in [-0.05, 0) is 49.6 Å². The molecule has 1 saturated carbocycles. The van der Waals surface area contributed by atoms with Gasteiger partial charge in [-0.15, -0.1) is 11.3 Å². The molecule has 1 unspecified atom stereocenters. The van der Waals surface area contributed by atoms with E-state index in [9.17, 15) is 19.5 Å². The third kappa shape index (κ3) is 4.09. The zero-order chi connectivity index (χ0) is 24.7. The number of rotatable bonds is 8. The predicted octanol–water partition coefficient (Wildman–Crippen LogP) is 3.05. The van der Waals surface area contributed by atoms with Gasteiger partial charge in [0, 0.05) is 18.8 Å². The van der Waals surface area contributed by atoms with Gasteiger partial charge < -0.3 is 19.3 Å². The summed E-state index contributed by atoms with van der Waals surface area (Å²) in [5, 5.41) is 12.1. The third-order valence-corrected chi connectivity index (χ3v) is 8.07. The Morgan fingerprint density at radius 1 is 1.26 bits per heavy atom. The second-order valence-electron chi connectivity index (χ2n) is 9.15. The monoisotopic (exact) mass is 500 g/mol. The van der Waals surface area contributed by atoms with E-state index < -0.39 is 28.9 Å². The first kappa shape index (κ1) is 23.8. The molecule has 0 spiro atoms. The van der Waals surface area contributed by atoms with Gasteiger partial charge in [0.05, 0.1) is 25.1 Å². The quantitative estimate of drug-likeness (QED) is 0.506. The molecule has 0 radical (unpaired) electrons. The molecule has 2 fully saturated rings. The van der Waals surface area contributed by atoms with Crippen molar-refractivity contribution in [2.45, 2.75) is 56.9 Å². The predicted molar refractivity (Wildman–Crippen MR) is 131 cm³/mol. The summed E-state index contributed by atoms with van der Waals surface area (Å²) in [5.74, 6) is -0.524. The normalized spacial score (nSPS) is 18.5. The van der Waals surface area contributed by atoms with Crippen LogP contribution in [0.5, 0.6) is 5.75 Å². The van der Waals surface area contributed by atoms with Crippen LogP contribution in [0.2, 0.25) is 0 Å². The Balaban J connectivity index is 1.67. The minimum absolute atomic E-state index is 0.0605. The molecule has 1 aromatic carbocycles. The zero-order valence-corrected chi connectivity index (χ0v) is 20.5. The number of carboxylic acids is 1. The van der Waals surface area contributed by atoms with E-state index in [2.05, 4.69) is 0 Å². The number of thiophene rings is 1. The number of fused-ring (bicyclic) bond motifs is 1. The summed E-state index contributed by atoms with van der Waals surface area (Å²) in [5.41, 5.74) is -1.15. The molecule has 2 aliphatic rings. The van der Waals surface area contributed by atoms with Crippen molar-refractivity contribution in [1.29, 1.82) is 0 Å². The molecule has 1 aliphatic heterocycles. The lowest BCUT2D eigenvalue weighted by atomic mass is 10.1. The summed E-state index contributed by atoms with van der Waals surface area (Å²) >= 11 is 1.31. The maximum absolute atomic E-state index is 13.8. The smallest absolute Gasteiger partial charge is 0.333 e. The van der Waals surface area contributed by atoms with Crippen molar-refractivity contribution in [3.8, 4) is 5.75 Å². The fourth-order valence-electron chi connectivity index (χ4n) is 4.84. The highest BCUT2D eigenvalue weighted by Crippen LogP contribution is 2.42. The fraction of sp³-hybridized carbons (Fsp3) is 0.480. The molecule has 35 heavy (non-hydrogen) atoms. The van der Waals surface area contributed by atoms with E-state index in [0.29, 0.717) is 29.2 Å². The summed E-state index contributed by atoms with van der Waals surface area (Å²) in [6, 6.07) is 7.50. The van der Waals surface area contributed by atoms with Gasteiger partial charge in [0.25, 0.3) is 5.56 Å². The van der Waals surface area contributed by atoms with Crippen molar-refractivity contribution >= 4 is 27.5 Å². The lowest BCUT2D eigenvalue weighted by Gasteiger charge is -2.29. The fourth-order valence-corrected chi connectivity index (χ4v) is 5.90. The number of para-hydroxylation sites is 1. The summed E-state index contributed by atoms with van der Waals surface area (Å²) in [7, 11) is 1.58. The number of hydrogen-bond donors (Lipinski definition) is 1. The third-order valence-electron chi connectivity index (χ3n) is 6.95. The number of methoxy groups -OCH3 is 1. The molecular formula is C25H28N2O7S. The average molecular weight is 501 g/mol. The number of aryl methyl sites for hydroxylation is 1. The Labute approximate surface area is 205 Å². The molecule has 1 saturated heterocycles. The molecule has 1 atom stereocenters. The SMILES string of the molecule is COc1ccccc1C(Cn1c(=O)n(C2(C(=O)O)CC2)c(=O)c2c(C)csc21)OC1CCOCC1. The number of nitrogens with zero attached hydrogens (tertiary/aromatic N) is 2. The molecule has 3 aromatic rings. The molecule has 0 bridgehead atoms. The molecule has 1 aliphatic carbocycles. The van der Waals surface area contributed by atoms with Crippen molar-refractivity contribution < 1.29 is 24.1 Å². The van der Waals surface area contributed by atoms with E-state index in [0.717, 1.165) is 28.5 Å². The van der Waals surface area contributed by atoms with Gasteiger partial charge in [0.2, 0.25) is 0 Å².